The first-order chi connectivity index (χ1) is 28.6. The van der Waals surface area contributed by atoms with Crippen LogP contribution in [0.5, 0.6) is 5.75 Å². The van der Waals surface area contributed by atoms with Crippen LogP contribution in [0.3, 0.4) is 0 Å². The molecule has 0 bridgehead atoms. The summed E-state index contributed by atoms with van der Waals surface area (Å²) in [5.74, 6) is -0.657. The summed E-state index contributed by atoms with van der Waals surface area (Å²) in [7, 11) is 1.64. The van der Waals surface area contributed by atoms with Gasteiger partial charge < -0.3 is 33.7 Å². The molecule has 58 heavy (non-hydrogen) atoms. The number of hydrogen-bond acceptors (Lipinski definition) is 7. The first-order valence-electron chi connectivity index (χ1n) is 20.0. The van der Waals surface area contributed by atoms with E-state index in [4.69, 9.17) is 28.4 Å². The smallest absolute Gasteiger partial charge is 0.251 e. The van der Waals surface area contributed by atoms with Crippen LogP contribution in [0, 0.1) is 0 Å². The Morgan fingerprint density at radius 2 is 1.17 bits per heavy atom. The molecule has 296 valence electrons. The van der Waals surface area contributed by atoms with E-state index in [-0.39, 0.29) is 12.5 Å². The van der Waals surface area contributed by atoms with Crippen LogP contribution < -0.4 is 10.1 Å². The van der Waals surface area contributed by atoms with E-state index < -0.39 is 30.2 Å². The molecule has 1 fully saturated rings. The summed E-state index contributed by atoms with van der Waals surface area (Å²) >= 11 is 0. The maximum absolute atomic E-state index is 12.4. The normalized spacial score (nSPS) is 21.2. The van der Waals surface area contributed by atoms with Crippen LogP contribution in [0.4, 0.5) is 0 Å². The van der Waals surface area contributed by atoms with E-state index in [1.165, 1.54) is 0 Å². The van der Waals surface area contributed by atoms with E-state index >= 15 is 0 Å². The van der Waals surface area contributed by atoms with Crippen molar-refractivity contribution in [2.75, 3.05) is 13.7 Å². The van der Waals surface area contributed by atoms with Gasteiger partial charge in [0, 0.05) is 19.0 Å². The molecule has 0 aliphatic carbocycles. The lowest BCUT2D eigenvalue weighted by atomic mass is 9.85. The molecule has 1 N–H and O–H groups in total. The van der Waals surface area contributed by atoms with Crippen molar-refractivity contribution in [2.24, 2.45) is 0 Å². The van der Waals surface area contributed by atoms with Crippen molar-refractivity contribution in [3.63, 3.8) is 0 Å². The SMILES string of the molecule is CNC(=O)c1cccc(-c2ccc3c(c2)CC[C@]2(O3)O[C@H](COCc3ccccc3)[C@@H](OCc3ccccc3)[C@H](OCc3ccccc3)[C@@H]2OCc2ccccc2)c1. The summed E-state index contributed by atoms with van der Waals surface area (Å²) in [6.07, 6.45) is -1.31. The zero-order valence-electron chi connectivity index (χ0n) is 32.7. The van der Waals surface area contributed by atoms with Gasteiger partial charge in [-0.2, -0.15) is 0 Å². The van der Waals surface area contributed by atoms with Crippen molar-refractivity contribution in [1.82, 2.24) is 5.32 Å². The average molecular weight is 776 g/mol. The molecular formula is C50H49NO7. The van der Waals surface area contributed by atoms with E-state index in [1.54, 1.807) is 7.05 Å². The van der Waals surface area contributed by atoms with Crippen molar-refractivity contribution < 1.29 is 33.2 Å². The molecule has 1 spiro atoms. The number of carbonyl (C=O) groups is 1. The predicted octanol–water partition coefficient (Wildman–Crippen LogP) is 9.11. The lowest BCUT2D eigenvalue weighted by molar-refractivity contribution is -0.364. The quantitative estimate of drug-likeness (QED) is 0.111. The Morgan fingerprint density at radius 3 is 1.78 bits per heavy atom. The minimum atomic E-state index is -1.24. The summed E-state index contributed by atoms with van der Waals surface area (Å²) in [6, 6.07) is 54.3. The van der Waals surface area contributed by atoms with Crippen LogP contribution in [-0.2, 0) is 56.5 Å². The maximum Gasteiger partial charge on any atom is 0.251 e. The number of carbonyl (C=O) groups excluding carboxylic acids is 1. The number of benzene rings is 6. The number of nitrogens with one attached hydrogen (secondary N) is 1. The second-order valence-corrected chi connectivity index (χ2v) is 14.8. The van der Waals surface area contributed by atoms with Crippen molar-refractivity contribution in [3.8, 4) is 16.9 Å². The predicted molar refractivity (Wildman–Crippen MR) is 223 cm³/mol. The molecule has 0 unspecified atom stereocenters. The molecule has 2 aliphatic rings. The van der Waals surface area contributed by atoms with Crippen LogP contribution in [0.25, 0.3) is 11.1 Å². The van der Waals surface area contributed by atoms with Gasteiger partial charge in [0.2, 0.25) is 5.79 Å². The molecule has 0 radical (unpaired) electrons. The molecule has 0 aromatic heterocycles. The Bertz CT molecular complexity index is 2220. The molecule has 1 amide bonds. The summed E-state index contributed by atoms with van der Waals surface area (Å²) in [4.78, 5) is 12.4. The van der Waals surface area contributed by atoms with E-state index in [9.17, 15) is 4.79 Å². The highest BCUT2D eigenvalue weighted by Crippen LogP contribution is 2.45. The van der Waals surface area contributed by atoms with Gasteiger partial charge in [-0.25, -0.2) is 0 Å². The molecule has 0 saturated carbocycles. The molecule has 8 rings (SSSR count). The van der Waals surface area contributed by atoms with Crippen molar-refractivity contribution in [2.45, 2.75) is 69.5 Å². The highest BCUT2D eigenvalue weighted by molar-refractivity contribution is 5.95. The summed E-state index contributed by atoms with van der Waals surface area (Å²) in [5, 5.41) is 2.72. The molecular weight excluding hydrogens is 727 g/mol. The second-order valence-electron chi connectivity index (χ2n) is 14.8. The number of aryl methyl sites for hydroxylation is 1. The van der Waals surface area contributed by atoms with E-state index in [0.717, 1.165) is 38.9 Å². The molecule has 2 heterocycles. The number of amides is 1. The third-order valence-electron chi connectivity index (χ3n) is 10.8. The molecule has 6 aromatic rings. The van der Waals surface area contributed by atoms with Gasteiger partial charge in [-0.15, -0.1) is 0 Å². The minimum Gasteiger partial charge on any atom is -0.459 e. The third kappa shape index (κ3) is 9.39. The van der Waals surface area contributed by atoms with Gasteiger partial charge in [0.05, 0.1) is 33.0 Å². The summed E-state index contributed by atoms with van der Waals surface area (Å²) in [5.41, 5.74) is 7.75. The molecule has 6 aromatic carbocycles. The number of ether oxygens (including phenoxy) is 6. The number of fused-ring (bicyclic) bond motifs is 1. The first-order valence-corrected chi connectivity index (χ1v) is 20.0. The lowest BCUT2D eigenvalue weighted by Gasteiger charge is -2.53. The van der Waals surface area contributed by atoms with Crippen LogP contribution in [0.2, 0.25) is 0 Å². The Hall–Kier alpha value is -5.61. The van der Waals surface area contributed by atoms with Crippen LogP contribution in [-0.4, -0.2) is 49.8 Å². The molecule has 8 nitrogen and oxygen atoms in total. The third-order valence-corrected chi connectivity index (χ3v) is 10.8. The molecule has 8 heteroatoms. The van der Waals surface area contributed by atoms with E-state index in [1.807, 2.05) is 109 Å². The number of rotatable bonds is 15. The fourth-order valence-corrected chi connectivity index (χ4v) is 7.79. The van der Waals surface area contributed by atoms with Gasteiger partial charge in [0.25, 0.3) is 5.91 Å². The lowest BCUT2D eigenvalue weighted by Crippen LogP contribution is -2.69. The standard InChI is InChI=1S/C50H49NO7/c1-51-49(52)43-24-14-23-40(30-43)41-25-26-44-42(29-41)27-28-50(57-44)48(56-34-39-21-12-5-13-22-39)47(55-33-38-19-10-4-11-20-38)46(54-32-37-17-8-3-9-18-37)45(58-50)35-53-31-36-15-6-2-7-16-36/h2-26,29-30,45-48H,27-28,31-35H2,1H3,(H,51,52)/t45-,46-,47+,48+,50+/m1/s1. The maximum atomic E-state index is 12.4. The van der Waals surface area contributed by atoms with Gasteiger partial charge in [0.1, 0.15) is 24.1 Å². The molecule has 1 saturated heterocycles. The largest absolute Gasteiger partial charge is 0.459 e. The van der Waals surface area contributed by atoms with Gasteiger partial charge >= 0.3 is 0 Å². The van der Waals surface area contributed by atoms with Crippen LogP contribution in [0.1, 0.15) is 44.6 Å². The highest BCUT2D eigenvalue weighted by atomic mass is 16.7. The minimum absolute atomic E-state index is 0.126. The van der Waals surface area contributed by atoms with Gasteiger partial charge in [-0.3, -0.25) is 4.79 Å². The zero-order chi connectivity index (χ0) is 39.6. The van der Waals surface area contributed by atoms with Gasteiger partial charge in [0.15, 0.2) is 6.10 Å². The highest BCUT2D eigenvalue weighted by Gasteiger charge is 2.59. The van der Waals surface area contributed by atoms with Crippen molar-refractivity contribution >= 4 is 5.91 Å². The Labute approximate surface area is 340 Å². The molecule has 5 atom stereocenters. The summed E-state index contributed by atoms with van der Waals surface area (Å²) < 4.78 is 41.7. The Kier molecular flexibility index (Phi) is 12.7. The summed E-state index contributed by atoms with van der Waals surface area (Å²) in [6.45, 7) is 1.66. The fourth-order valence-electron chi connectivity index (χ4n) is 7.79. The molecule has 2 aliphatic heterocycles. The van der Waals surface area contributed by atoms with Gasteiger partial charge in [-0.1, -0.05) is 140 Å². The Balaban J connectivity index is 1.16. The fraction of sp³-hybridized carbons (Fsp3) is 0.260. The first kappa shape index (κ1) is 39.2. The van der Waals surface area contributed by atoms with Gasteiger partial charge in [-0.05, 0) is 69.6 Å². The Morgan fingerprint density at radius 1 is 0.621 bits per heavy atom. The average Bonchev–Trinajstić information content (AvgIpc) is 3.28. The second kappa shape index (κ2) is 18.8. The monoisotopic (exact) mass is 775 g/mol. The van der Waals surface area contributed by atoms with E-state index in [2.05, 4.69) is 59.9 Å². The van der Waals surface area contributed by atoms with E-state index in [0.29, 0.717) is 50.6 Å². The van der Waals surface area contributed by atoms with Crippen molar-refractivity contribution in [1.29, 1.82) is 0 Å². The topological polar surface area (TPSA) is 84.5 Å². The number of hydrogen-bond donors (Lipinski definition) is 1. The van der Waals surface area contributed by atoms with Crippen LogP contribution >= 0.6 is 0 Å². The van der Waals surface area contributed by atoms with Crippen LogP contribution in [0.15, 0.2) is 164 Å². The zero-order valence-corrected chi connectivity index (χ0v) is 32.7. The van der Waals surface area contributed by atoms with Crippen molar-refractivity contribution in [3.05, 3.63) is 197 Å².